The lowest BCUT2D eigenvalue weighted by Gasteiger charge is -2.23. The number of halogens is 1. The maximum atomic E-state index is 12.1. The van der Waals surface area contributed by atoms with Crippen LogP contribution in [-0.4, -0.2) is 28.5 Å². The van der Waals surface area contributed by atoms with Crippen molar-refractivity contribution in [2.75, 3.05) is 6.54 Å². The highest BCUT2D eigenvalue weighted by Gasteiger charge is 2.25. The molecule has 0 saturated heterocycles. The zero-order valence-electron chi connectivity index (χ0n) is 12.7. The molecule has 5 nitrogen and oxygen atoms in total. The van der Waals surface area contributed by atoms with Crippen LogP contribution in [0.15, 0.2) is 12.1 Å². The minimum absolute atomic E-state index is 0.0877. The van der Waals surface area contributed by atoms with E-state index in [0.717, 1.165) is 0 Å². The third kappa shape index (κ3) is 6.12. The Morgan fingerprint density at radius 1 is 1.38 bits per heavy atom. The summed E-state index contributed by atoms with van der Waals surface area (Å²) >= 11 is 5.81. The molecule has 0 aliphatic rings. The van der Waals surface area contributed by atoms with Crippen LogP contribution in [0.2, 0.25) is 5.15 Å². The number of hydrogen-bond acceptors (Lipinski definition) is 3. The van der Waals surface area contributed by atoms with Crippen molar-refractivity contribution in [1.82, 2.24) is 10.3 Å². The van der Waals surface area contributed by atoms with Crippen molar-refractivity contribution in [2.24, 2.45) is 11.3 Å². The summed E-state index contributed by atoms with van der Waals surface area (Å²) in [4.78, 5) is 27.3. The smallest absolute Gasteiger partial charge is 0.308 e. The number of nitrogens with zero attached hydrogens (tertiary/aromatic N) is 1. The summed E-state index contributed by atoms with van der Waals surface area (Å²) in [6.45, 7) is 7.73. The van der Waals surface area contributed by atoms with Crippen LogP contribution in [0.4, 0.5) is 0 Å². The van der Waals surface area contributed by atoms with Gasteiger partial charge < -0.3 is 10.4 Å². The molecule has 1 rings (SSSR count). The Labute approximate surface area is 129 Å². The van der Waals surface area contributed by atoms with Crippen molar-refractivity contribution in [3.05, 3.63) is 28.5 Å². The van der Waals surface area contributed by atoms with Crippen molar-refractivity contribution >= 4 is 23.5 Å². The van der Waals surface area contributed by atoms with Crippen molar-refractivity contribution in [3.8, 4) is 0 Å². The molecule has 0 saturated carbocycles. The molecule has 2 N–H and O–H groups in total. The molecular formula is C15H21ClN2O3. The number of hydrogen-bond donors (Lipinski definition) is 2. The molecule has 0 radical (unpaired) electrons. The number of carbonyl (C=O) groups excluding carboxylic acids is 1. The summed E-state index contributed by atoms with van der Waals surface area (Å²) in [6, 6.07) is 3.07. The topological polar surface area (TPSA) is 79.3 Å². The number of carboxylic acids is 1. The molecule has 21 heavy (non-hydrogen) atoms. The number of rotatable bonds is 5. The van der Waals surface area contributed by atoms with Gasteiger partial charge in [-0.25, -0.2) is 4.98 Å². The van der Waals surface area contributed by atoms with E-state index in [4.69, 9.17) is 11.6 Å². The zero-order chi connectivity index (χ0) is 16.2. The van der Waals surface area contributed by atoms with Crippen LogP contribution in [0.25, 0.3) is 0 Å². The van der Waals surface area contributed by atoms with Gasteiger partial charge in [0.05, 0.1) is 5.92 Å². The maximum absolute atomic E-state index is 12.1. The van der Waals surface area contributed by atoms with Crippen LogP contribution in [0.1, 0.15) is 43.2 Å². The highest BCUT2D eigenvalue weighted by atomic mass is 35.5. The highest BCUT2D eigenvalue weighted by molar-refractivity contribution is 6.29. The summed E-state index contributed by atoms with van der Waals surface area (Å²) in [5, 5.41) is 12.1. The van der Waals surface area contributed by atoms with Gasteiger partial charge in [-0.2, -0.15) is 0 Å². The Morgan fingerprint density at radius 3 is 2.48 bits per heavy atom. The van der Waals surface area contributed by atoms with Crippen LogP contribution in [-0.2, 0) is 4.79 Å². The summed E-state index contributed by atoms with van der Waals surface area (Å²) in [6.07, 6.45) is 0.485. The van der Waals surface area contributed by atoms with E-state index in [2.05, 4.69) is 10.3 Å². The minimum Gasteiger partial charge on any atom is -0.481 e. The average Bonchev–Trinajstić information content (AvgIpc) is 2.31. The number of carbonyl (C=O) groups is 2. The first-order valence-electron chi connectivity index (χ1n) is 6.74. The molecule has 0 aliphatic carbocycles. The van der Waals surface area contributed by atoms with Gasteiger partial charge in [0.25, 0.3) is 5.91 Å². The minimum atomic E-state index is -0.908. The maximum Gasteiger partial charge on any atom is 0.308 e. The van der Waals surface area contributed by atoms with Crippen LogP contribution >= 0.6 is 11.6 Å². The van der Waals surface area contributed by atoms with Crippen molar-refractivity contribution < 1.29 is 14.7 Å². The number of carboxylic acid groups (broad SMARTS) is 1. The van der Waals surface area contributed by atoms with Gasteiger partial charge in [-0.1, -0.05) is 32.4 Å². The van der Waals surface area contributed by atoms with Gasteiger partial charge in [0.15, 0.2) is 0 Å². The fraction of sp³-hybridized carbons (Fsp3) is 0.533. The fourth-order valence-corrected chi connectivity index (χ4v) is 2.31. The standard InChI is InChI=1S/C15H21ClN2O3/c1-9-5-10(6-12(16)18-9)13(19)17-8-11(14(20)21)7-15(2,3)4/h5-6,11H,7-8H2,1-4H3,(H,17,19)(H,20,21). The van der Waals surface area contributed by atoms with Crippen LogP contribution in [0.3, 0.4) is 0 Å². The molecule has 0 spiro atoms. The second kappa shape index (κ2) is 6.89. The Morgan fingerprint density at radius 2 is 2.00 bits per heavy atom. The monoisotopic (exact) mass is 312 g/mol. The number of amides is 1. The summed E-state index contributed by atoms with van der Waals surface area (Å²) in [5.41, 5.74) is 0.897. The van der Waals surface area contributed by atoms with E-state index in [1.54, 1.807) is 13.0 Å². The van der Waals surface area contributed by atoms with Crippen LogP contribution in [0.5, 0.6) is 0 Å². The van der Waals surface area contributed by atoms with E-state index in [0.29, 0.717) is 17.7 Å². The van der Waals surface area contributed by atoms with E-state index in [1.165, 1.54) is 6.07 Å². The van der Waals surface area contributed by atoms with E-state index < -0.39 is 11.9 Å². The number of nitrogens with one attached hydrogen (secondary N) is 1. The van der Waals surface area contributed by atoms with Gasteiger partial charge >= 0.3 is 5.97 Å². The lowest BCUT2D eigenvalue weighted by atomic mass is 9.84. The average molecular weight is 313 g/mol. The van der Waals surface area contributed by atoms with Crippen molar-refractivity contribution in [2.45, 2.75) is 34.1 Å². The van der Waals surface area contributed by atoms with Crippen LogP contribution in [0, 0.1) is 18.3 Å². The molecule has 6 heteroatoms. The third-order valence-corrected chi connectivity index (χ3v) is 3.10. The van der Waals surface area contributed by atoms with E-state index >= 15 is 0 Å². The quantitative estimate of drug-likeness (QED) is 0.819. The second-order valence-electron chi connectivity index (χ2n) is 6.33. The zero-order valence-corrected chi connectivity index (χ0v) is 13.5. The Bertz CT molecular complexity index is 518. The van der Waals surface area contributed by atoms with E-state index in [-0.39, 0.29) is 23.0 Å². The molecule has 0 bridgehead atoms. The number of pyridine rings is 1. The summed E-state index contributed by atoms with van der Waals surface area (Å²) in [7, 11) is 0. The van der Waals surface area contributed by atoms with Gasteiger partial charge in [0.2, 0.25) is 0 Å². The summed E-state index contributed by atoms with van der Waals surface area (Å²) in [5.74, 6) is -1.87. The third-order valence-electron chi connectivity index (χ3n) is 2.90. The van der Waals surface area contributed by atoms with Crippen LogP contribution < -0.4 is 5.32 Å². The predicted octanol–water partition coefficient (Wildman–Crippen LogP) is 2.91. The number of aromatic nitrogens is 1. The first-order valence-corrected chi connectivity index (χ1v) is 7.11. The van der Waals surface area contributed by atoms with Crippen molar-refractivity contribution in [3.63, 3.8) is 0 Å². The molecule has 1 heterocycles. The lowest BCUT2D eigenvalue weighted by Crippen LogP contribution is -2.35. The summed E-state index contributed by atoms with van der Waals surface area (Å²) < 4.78 is 0. The Balaban J connectivity index is 2.71. The Kier molecular flexibility index (Phi) is 5.72. The highest BCUT2D eigenvalue weighted by Crippen LogP contribution is 2.24. The first kappa shape index (κ1) is 17.4. The molecule has 116 valence electrons. The normalized spacial score (nSPS) is 12.8. The van der Waals surface area contributed by atoms with E-state index in [9.17, 15) is 14.7 Å². The largest absolute Gasteiger partial charge is 0.481 e. The van der Waals surface area contributed by atoms with Gasteiger partial charge in [0, 0.05) is 17.8 Å². The van der Waals surface area contributed by atoms with Gasteiger partial charge in [-0.15, -0.1) is 0 Å². The molecule has 1 amide bonds. The second-order valence-corrected chi connectivity index (χ2v) is 6.72. The molecule has 1 atom stereocenters. The molecular weight excluding hydrogens is 292 g/mol. The molecule has 1 unspecified atom stereocenters. The fourth-order valence-electron chi connectivity index (χ4n) is 2.06. The molecule has 1 aromatic heterocycles. The molecule has 0 fully saturated rings. The molecule has 0 aliphatic heterocycles. The molecule has 0 aromatic carbocycles. The SMILES string of the molecule is Cc1cc(C(=O)NCC(CC(C)(C)C)C(=O)O)cc(Cl)n1. The van der Waals surface area contributed by atoms with Crippen molar-refractivity contribution in [1.29, 1.82) is 0 Å². The lowest BCUT2D eigenvalue weighted by molar-refractivity contribution is -0.142. The predicted molar refractivity (Wildman–Crippen MR) is 81.5 cm³/mol. The number of aliphatic carboxylic acids is 1. The van der Waals surface area contributed by atoms with Gasteiger partial charge in [-0.05, 0) is 30.9 Å². The van der Waals surface area contributed by atoms with Gasteiger partial charge in [-0.3, -0.25) is 9.59 Å². The van der Waals surface area contributed by atoms with E-state index in [1.807, 2.05) is 20.8 Å². The number of aryl methyl sites for hydroxylation is 1. The van der Waals surface area contributed by atoms with Gasteiger partial charge in [0.1, 0.15) is 5.15 Å². The molecule has 1 aromatic rings. The Hall–Kier alpha value is -1.62. The first-order chi connectivity index (χ1) is 9.58.